The topological polar surface area (TPSA) is 52.0 Å². The van der Waals surface area contributed by atoms with Crippen molar-refractivity contribution in [2.45, 2.75) is 19.8 Å². The van der Waals surface area contributed by atoms with Crippen LogP contribution in [0.4, 0.5) is 5.88 Å². The van der Waals surface area contributed by atoms with E-state index in [1.165, 1.54) is 11.1 Å². The molecule has 0 aliphatic heterocycles. The molecule has 0 radical (unpaired) electrons. The lowest BCUT2D eigenvalue weighted by molar-refractivity contribution is 0.427. The standard InChI is InChI=1S/C18H18N2O/c1-13-6-5-9-15(12-13)17-16(20-21-18(17)19)11-10-14-7-3-2-4-8-14/h2-9,12H,10-11,19H2,1H3. The van der Waals surface area contributed by atoms with Crippen molar-refractivity contribution in [1.82, 2.24) is 5.16 Å². The van der Waals surface area contributed by atoms with E-state index in [1.54, 1.807) is 0 Å². The molecule has 0 fully saturated rings. The maximum Gasteiger partial charge on any atom is 0.230 e. The Morgan fingerprint density at radius 3 is 2.57 bits per heavy atom. The summed E-state index contributed by atoms with van der Waals surface area (Å²) in [5.41, 5.74) is 11.4. The molecular formula is C18H18N2O. The van der Waals surface area contributed by atoms with Crippen molar-refractivity contribution in [3.05, 3.63) is 71.4 Å². The van der Waals surface area contributed by atoms with E-state index in [4.69, 9.17) is 10.3 Å². The molecule has 0 amide bonds. The van der Waals surface area contributed by atoms with Crippen LogP contribution in [-0.4, -0.2) is 5.16 Å². The summed E-state index contributed by atoms with van der Waals surface area (Å²) in [7, 11) is 0. The van der Waals surface area contributed by atoms with Crippen LogP contribution in [0.3, 0.4) is 0 Å². The first-order valence-corrected chi connectivity index (χ1v) is 7.09. The smallest absolute Gasteiger partial charge is 0.230 e. The van der Waals surface area contributed by atoms with Gasteiger partial charge in [0.15, 0.2) is 0 Å². The van der Waals surface area contributed by atoms with Crippen molar-refractivity contribution < 1.29 is 4.52 Å². The van der Waals surface area contributed by atoms with E-state index >= 15 is 0 Å². The highest BCUT2D eigenvalue weighted by Crippen LogP contribution is 2.30. The van der Waals surface area contributed by atoms with Gasteiger partial charge in [-0.1, -0.05) is 65.3 Å². The second-order valence-corrected chi connectivity index (χ2v) is 5.22. The zero-order chi connectivity index (χ0) is 14.7. The highest BCUT2D eigenvalue weighted by molar-refractivity contribution is 5.75. The molecule has 0 saturated heterocycles. The zero-order valence-corrected chi connectivity index (χ0v) is 12.0. The highest BCUT2D eigenvalue weighted by atomic mass is 16.5. The Balaban J connectivity index is 1.87. The normalized spacial score (nSPS) is 10.7. The minimum atomic E-state index is 0.392. The van der Waals surface area contributed by atoms with Gasteiger partial charge < -0.3 is 10.3 Å². The maximum absolute atomic E-state index is 5.96. The van der Waals surface area contributed by atoms with E-state index in [0.717, 1.165) is 29.7 Å². The van der Waals surface area contributed by atoms with E-state index in [9.17, 15) is 0 Å². The van der Waals surface area contributed by atoms with Crippen LogP contribution in [0.5, 0.6) is 0 Å². The van der Waals surface area contributed by atoms with Crippen LogP contribution < -0.4 is 5.73 Å². The molecule has 0 aliphatic carbocycles. The summed E-state index contributed by atoms with van der Waals surface area (Å²) >= 11 is 0. The van der Waals surface area contributed by atoms with Gasteiger partial charge in [-0.3, -0.25) is 0 Å². The van der Waals surface area contributed by atoms with Gasteiger partial charge in [0.25, 0.3) is 0 Å². The number of anilines is 1. The molecule has 0 spiro atoms. The fraction of sp³-hybridized carbons (Fsp3) is 0.167. The summed E-state index contributed by atoms with van der Waals surface area (Å²) in [5.74, 6) is 0.392. The molecule has 0 atom stereocenters. The van der Waals surface area contributed by atoms with Gasteiger partial charge in [-0.05, 0) is 30.9 Å². The Bertz CT molecular complexity index is 732. The molecule has 0 saturated carbocycles. The third-order valence-electron chi connectivity index (χ3n) is 3.59. The molecule has 3 nitrogen and oxygen atoms in total. The van der Waals surface area contributed by atoms with Crippen molar-refractivity contribution in [3.63, 3.8) is 0 Å². The van der Waals surface area contributed by atoms with Crippen molar-refractivity contribution in [2.75, 3.05) is 5.73 Å². The van der Waals surface area contributed by atoms with E-state index in [1.807, 2.05) is 30.3 Å². The third-order valence-corrected chi connectivity index (χ3v) is 3.59. The van der Waals surface area contributed by atoms with Gasteiger partial charge in [0, 0.05) is 0 Å². The number of aryl methyl sites for hydroxylation is 3. The van der Waals surface area contributed by atoms with Gasteiger partial charge in [0.2, 0.25) is 5.88 Å². The van der Waals surface area contributed by atoms with Gasteiger partial charge >= 0.3 is 0 Å². The van der Waals surface area contributed by atoms with Gasteiger partial charge in [-0.25, -0.2) is 0 Å². The number of nitrogen functional groups attached to an aromatic ring is 1. The molecule has 3 heteroatoms. The monoisotopic (exact) mass is 278 g/mol. The van der Waals surface area contributed by atoms with Crippen LogP contribution in [0.25, 0.3) is 11.1 Å². The SMILES string of the molecule is Cc1cccc(-c2c(CCc3ccccc3)noc2N)c1. The lowest BCUT2D eigenvalue weighted by atomic mass is 10.00. The first-order valence-electron chi connectivity index (χ1n) is 7.09. The second-order valence-electron chi connectivity index (χ2n) is 5.22. The Kier molecular flexibility index (Phi) is 3.73. The minimum Gasteiger partial charge on any atom is -0.367 e. The average molecular weight is 278 g/mol. The number of nitrogens with zero attached hydrogens (tertiary/aromatic N) is 1. The summed E-state index contributed by atoms with van der Waals surface area (Å²) in [4.78, 5) is 0. The molecule has 21 heavy (non-hydrogen) atoms. The average Bonchev–Trinajstić information content (AvgIpc) is 2.87. The van der Waals surface area contributed by atoms with E-state index in [-0.39, 0.29) is 0 Å². The van der Waals surface area contributed by atoms with Crippen LogP contribution >= 0.6 is 0 Å². The Hall–Kier alpha value is -2.55. The van der Waals surface area contributed by atoms with Gasteiger partial charge in [0.1, 0.15) is 0 Å². The Labute approximate surface area is 124 Å². The Morgan fingerprint density at radius 2 is 1.81 bits per heavy atom. The summed E-state index contributed by atoms with van der Waals surface area (Å²) in [5, 5.41) is 4.14. The highest BCUT2D eigenvalue weighted by Gasteiger charge is 2.15. The number of nitrogens with two attached hydrogens (primary N) is 1. The van der Waals surface area contributed by atoms with E-state index in [0.29, 0.717) is 5.88 Å². The van der Waals surface area contributed by atoms with Crippen molar-refractivity contribution in [3.8, 4) is 11.1 Å². The van der Waals surface area contributed by atoms with Gasteiger partial charge in [-0.2, -0.15) is 0 Å². The van der Waals surface area contributed by atoms with Crippen LogP contribution in [-0.2, 0) is 12.8 Å². The third kappa shape index (κ3) is 2.97. The second kappa shape index (κ2) is 5.83. The molecule has 1 heterocycles. The van der Waals surface area contributed by atoms with Crippen molar-refractivity contribution in [2.24, 2.45) is 0 Å². The number of benzene rings is 2. The summed E-state index contributed by atoms with van der Waals surface area (Å²) in [6.07, 6.45) is 1.74. The number of hydrogen-bond donors (Lipinski definition) is 1. The van der Waals surface area contributed by atoms with Gasteiger partial charge in [0.05, 0.1) is 11.3 Å². The maximum atomic E-state index is 5.96. The first-order chi connectivity index (χ1) is 10.2. The molecule has 0 unspecified atom stereocenters. The molecule has 2 aromatic carbocycles. The van der Waals surface area contributed by atoms with Crippen molar-refractivity contribution >= 4 is 5.88 Å². The fourth-order valence-corrected chi connectivity index (χ4v) is 2.53. The lowest BCUT2D eigenvalue weighted by Gasteiger charge is -2.04. The van der Waals surface area contributed by atoms with Crippen LogP contribution in [0.1, 0.15) is 16.8 Å². The number of hydrogen-bond acceptors (Lipinski definition) is 3. The summed E-state index contributed by atoms with van der Waals surface area (Å²) < 4.78 is 5.21. The Morgan fingerprint density at radius 1 is 1.00 bits per heavy atom. The zero-order valence-electron chi connectivity index (χ0n) is 12.0. The summed E-state index contributed by atoms with van der Waals surface area (Å²) in [6, 6.07) is 18.6. The summed E-state index contributed by atoms with van der Waals surface area (Å²) in [6.45, 7) is 2.07. The molecule has 2 N–H and O–H groups in total. The quantitative estimate of drug-likeness (QED) is 0.784. The predicted molar refractivity (Wildman–Crippen MR) is 84.9 cm³/mol. The van der Waals surface area contributed by atoms with Crippen LogP contribution in [0.2, 0.25) is 0 Å². The molecule has 0 bridgehead atoms. The minimum absolute atomic E-state index is 0.392. The molecule has 0 aliphatic rings. The van der Waals surface area contributed by atoms with Crippen molar-refractivity contribution in [1.29, 1.82) is 0 Å². The molecule has 3 aromatic rings. The molecular weight excluding hydrogens is 260 g/mol. The van der Waals surface area contributed by atoms with Gasteiger partial charge in [-0.15, -0.1) is 0 Å². The van der Waals surface area contributed by atoms with E-state index < -0.39 is 0 Å². The van der Waals surface area contributed by atoms with Crippen LogP contribution in [0.15, 0.2) is 59.1 Å². The molecule has 1 aromatic heterocycles. The fourth-order valence-electron chi connectivity index (χ4n) is 2.53. The van der Waals surface area contributed by atoms with E-state index in [2.05, 4.69) is 36.3 Å². The first kappa shape index (κ1) is 13.4. The van der Waals surface area contributed by atoms with Crippen LogP contribution in [0, 0.1) is 6.92 Å². The molecule has 3 rings (SSSR count). The lowest BCUT2D eigenvalue weighted by Crippen LogP contribution is -1.95. The number of aromatic nitrogens is 1. The number of rotatable bonds is 4. The largest absolute Gasteiger partial charge is 0.367 e. The predicted octanol–water partition coefficient (Wildman–Crippen LogP) is 4.02. The molecule has 106 valence electrons.